The second kappa shape index (κ2) is 7.68. The smallest absolute Gasteiger partial charge is 0.132 e. The molecule has 0 amide bonds. The van der Waals surface area contributed by atoms with E-state index in [1.165, 1.54) is 6.33 Å². The van der Waals surface area contributed by atoms with Crippen LogP contribution in [0.4, 0.5) is 4.39 Å². The molecule has 1 heterocycles. The van der Waals surface area contributed by atoms with E-state index in [0.717, 1.165) is 18.5 Å². The minimum atomic E-state index is 0.250. The topological polar surface area (TPSA) is 25.8 Å². The van der Waals surface area contributed by atoms with E-state index in [0.29, 0.717) is 5.15 Å². The van der Waals surface area contributed by atoms with Gasteiger partial charge in [-0.3, -0.25) is 0 Å². The van der Waals surface area contributed by atoms with Gasteiger partial charge in [-0.25, -0.2) is 14.4 Å². The van der Waals surface area contributed by atoms with Crippen molar-refractivity contribution < 1.29 is 4.39 Å². The van der Waals surface area contributed by atoms with Crippen LogP contribution in [0, 0.1) is 0 Å². The Morgan fingerprint density at radius 2 is 2.23 bits per heavy atom. The van der Waals surface area contributed by atoms with E-state index in [1.807, 2.05) is 0 Å². The van der Waals surface area contributed by atoms with Crippen molar-refractivity contribution in [3.05, 3.63) is 36.1 Å². The first kappa shape index (κ1) is 12.0. The lowest BCUT2D eigenvalue weighted by Gasteiger charge is -1.94. The highest BCUT2D eigenvalue weighted by Crippen LogP contribution is 2.05. The van der Waals surface area contributed by atoms with Gasteiger partial charge in [-0.05, 0) is 12.5 Å². The van der Waals surface area contributed by atoms with Gasteiger partial charge in [0.1, 0.15) is 11.5 Å². The number of nitrogens with zero attached hydrogens (tertiary/aromatic N) is 2. The van der Waals surface area contributed by atoms with Crippen molar-refractivity contribution in [2.75, 3.05) is 0 Å². The molecule has 0 saturated heterocycles. The molecule has 0 saturated carbocycles. The Labute approximate surface area is 82.5 Å². The number of aromatic nitrogens is 2. The van der Waals surface area contributed by atoms with E-state index in [9.17, 15) is 4.39 Å². The lowest BCUT2D eigenvalue weighted by atomic mass is 10.2. The van der Waals surface area contributed by atoms with Gasteiger partial charge in [0.15, 0.2) is 0 Å². The van der Waals surface area contributed by atoms with Crippen molar-refractivity contribution in [2.24, 2.45) is 0 Å². The fraction of sp³-hybridized carbons (Fsp3) is 0.333. The fourth-order valence-electron chi connectivity index (χ4n) is 0.763. The maximum atomic E-state index is 10.1. The van der Waals surface area contributed by atoms with Gasteiger partial charge in [0.05, 0.1) is 6.33 Å². The van der Waals surface area contributed by atoms with Crippen LogP contribution in [0.1, 0.15) is 19.0 Å². The van der Waals surface area contributed by atoms with Crippen LogP contribution in [-0.2, 0) is 6.42 Å². The summed E-state index contributed by atoms with van der Waals surface area (Å²) >= 11 is 5.63. The van der Waals surface area contributed by atoms with Crippen LogP contribution >= 0.6 is 11.6 Å². The zero-order valence-electron chi connectivity index (χ0n) is 7.50. The molecule has 0 aliphatic heterocycles. The summed E-state index contributed by atoms with van der Waals surface area (Å²) in [4.78, 5) is 7.81. The van der Waals surface area contributed by atoms with Gasteiger partial charge in [-0.2, -0.15) is 0 Å². The summed E-state index contributed by atoms with van der Waals surface area (Å²) in [6.45, 7) is 4.80. The van der Waals surface area contributed by atoms with Crippen LogP contribution in [0.3, 0.4) is 0 Å². The van der Waals surface area contributed by atoms with Crippen LogP contribution in [0.25, 0.3) is 0 Å². The number of hydrogen-bond donors (Lipinski definition) is 0. The van der Waals surface area contributed by atoms with Gasteiger partial charge in [-0.1, -0.05) is 31.5 Å². The molecule has 0 radical (unpaired) electrons. The largest absolute Gasteiger partial charge is 0.241 e. The normalized spacial score (nSPS) is 8.54. The van der Waals surface area contributed by atoms with E-state index in [4.69, 9.17) is 11.6 Å². The van der Waals surface area contributed by atoms with Gasteiger partial charge in [-0.15, -0.1) is 0 Å². The van der Waals surface area contributed by atoms with Crippen molar-refractivity contribution in [2.45, 2.75) is 19.8 Å². The lowest BCUT2D eigenvalue weighted by Crippen LogP contribution is -1.89. The number of rotatable bonds is 2. The molecule has 0 aliphatic carbocycles. The first-order valence-electron chi connectivity index (χ1n) is 3.92. The fourth-order valence-corrected chi connectivity index (χ4v) is 0.933. The zero-order chi connectivity index (χ0) is 10.1. The first-order valence-corrected chi connectivity index (χ1v) is 4.30. The standard InChI is InChI=1S/C7H9ClN2.C2H3F/c1-2-3-6-4-7(8)10-5-9-6;1-2-3/h4-5H,2-3H2,1H3;2H,1H2. The summed E-state index contributed by atoms with van der Waals surface area (Å²) in [7, 11) is 0. The molecule has 0 spiro atoms. The van der Waals surface area contributed by atoms with Crippen molar-refractivity contribution in [3.8, 4) is 0 Å². The molecule has 0 aliphatic rings. The van der Waals surface area contributed by atoms with E-state index in [1.54, 1.807) is 6.07 Å². The minimum absolute atomic E-state index is 0.250. The van der Waals surface area contributed by atoms with Crippen LogP contribution in [0.2, 0.25) is 5.15 Å². The maximum absolute atomic E-state index is 10.1. The highest BCUT2D eigenvalue weighted by Gasteiger charge is 1.93. The lowest BCUT2D eigenvalue weighted by molar-refractivity contribution is 0.725. The van der Waals surface area contributed by atoms with Gasteiger partial charge >= 0.3 is 0 Å². The Morgan fingerprint density at radius 1 is 1.62 bits per heavy atom. The van der Waals surface area contributed by atoms with Crippen LogP contribution in [-0.4, -0.2) is 9.97 Å². The predicted molar refractivity (Wildman–Crippen MR) is 52.3 cm³/mol. The highest BCUT2D eigenvalue weighted by atomic mass is 35.5. The second-order valence-corrected chi connectivity index (χ2v) is 2.62. The molecule has 1 aromatic rings. The molecule has 13 heavy (non-hydrogen) atoms. The summed E-state index contributed by atoms with van der Waals surface area (Å²) in [5.74, 6) is 0. The molecule has 1 aromatic heterocycles. The minimum Gasteiger partial charge on any atom is -0.241 e. The summed E-state index contributed by atoms with van der Waals surface area (Å²) < 4.78 is 10.1. The van der Waals surface area contributed by atoms with E-state index in [-0.39, 0.29) is 6.33 Å². The molecule has 0 bridgehead atoms. The van der Waals surface area contributed by atoms with E-state index >= 15 is 0 Å². The second-order valence-electron chi connectivity index (χ2n) is 2.24. The average Bonchev–Trinajstić information content (AvgIpc) is 2.06. The summed E-state index contributed by atoms with van der Waals surface area (Å²) in [5, 5.41) is 0.526. The summed E-state index contributed by atoms with van der Waals surface area (Å²) in [6, 6.07) is 1.80. The van der Waals surface area contributed by atoms with Crippen LogP contribution in [0.5, 0.6) is 0 Å². The van der Waals surface area contributed by atoms with Crippen molar-refractivity contribution in [3.63, 3.8) is 0 Å². The van der Waals surface area contributed by atoms with Gasteiger partial charge < -0.3 is 0 Å². The SMILES string of the molecule is C=CF.CCCc1cc(Cl)ncn1. The number of halogens is 2. The molecule has 1 rings (SSSR count). The molecule has 0 N–H and O–H groups in total. The molecular weight excluding hydrogens is 191 g/mol. The van der Waals surface area contributed by atoms with Crippen LogP contribution in [0.15, 0.2) is 25.3 Å². The van der Waals surface area contributed by atoms with E-state index in [2.05, 4.69) is 23.5 Å². The number of hydrogen-bond acceptors (Lipinski definition) is 2. The molecule has 0 atom stereocenters. The maximum Gasteiger partial charge on any atom is 0.132 e. The third-order valence-corrected chi connectivity index (χ3v) is 1.40. The van der Waals surface area contributed by atoms with Crippen molar-refractivity contribution in [1.82, 2.24) is 9.97 Å². The van der Waals surface area contributed by atoms with E-state index < -0.39 is 0 Å². The Balaban J connectivity index is 0.000000424. The number of aryl methyl sites for hydroxylation is 1. The monoisotopic (exact) mass is 202 g/mol. The Morgan fingerprint density at radius 3 is 2.69 bits per heavy atom. The molecule has 0 unspecified atom stereocenters. The Kier molecular flexibility index (Phi) is 7.11. The predicted octanol–water partition coefficient (Wildman–Crippen LogP) is 3.18. The van der Waals surface area contributed by atoms with Crippen molar-refractivity contribution in [1.29, 1.82) is 0 Å². The zero-order valence-corrected chi connectivity index (χ0v) is 8.26. The summed E-state index contributed by atoms with van der Waals surface area (Å²) in [6.07, 6.45) is 3.81. The molecule has 4 heteroatoms. The third kappa shape index (κ3) is 6.22. The average molecular weight is 203 g/mol. The third-order valence-electron chi connectivity index (χ3n) is 1.20. The quantitative estimate of drug-likeness (QED) is 0.689. The first-order chi connectivity index (χ1) is 6.24. The Bertz CT molecular complexity index is 253. The van der Waals surface area contributed by atoms with Crippen molar-refractivity contribution >= 4 is 11.6 Å². The van der Waals surface area contributed by atoms with Gasteiger partial charge in [0.2, 0.25) is 0 Å². The molecule has 0 aromatic carbocycles. The van der Waals surface area contributed by atoms with Gasteiger partial charge in [0.25, 0.3) is 0 Å². The Hall–Kier alpha value is -0.960. The molecule has 0 fully saturated rings. The molecule has 72 valence electrons. The molecular formula is C9H12ClFN2. The highest BCUT2D eigenvalue weighted by molar-refractivity contribution is 6.29. The molecule has 2 nitrogen and oxygen atoms in total. The summed E-state index contributed by atoms with van der Waals surface area (Å²) in [5.41, 5.74) is 1.02. The van der Waals surface area contributed by atoms with Gasteiger partial charge in [0, 0.05) is 5.69 Å². The van der Waals surface area contributed by atoms with Crippen LogP contribution < -0.4 is 0 Å².